The van der Waals surface area contributed by atoms with Crippen LogP contribution in [0.5, 0.6) is 0 Å². The summed E-state index contributed by atoms with van der Waals surface area (Å²) in [7, 11) is 0. The maximum atomic E-state index is 11.6. The Morgan fingerprint density at radius 3 is 2.38 bits per heavy atom. The molecule has 5 nitrogen and oxygen atoms in total. The molecule has 0 aliphatic rings. The van der Waals surface area contributed by atoms with E-state index in [0.29, 0.717) is 6.54 Å². The van der Waals surface area contributed by atoms with Gasteiger partial charge in [-0.25, -0.2) is 4.79 Å². The van der Waals surface area contributed by atoms with E-state index in [9.17, 15) is 9.59 Å². The van der Waals surface area contributed by atoms with Gasteiger partial charge in [-0.05, 0) is 5.41 Å². The minimum absolute atomic E-state index is 0.0116. The van der Waals surface area contributed by atoms with Crippen molar-refractivity contribution in [2.45, 2.75) is 20.8 Å². The lowest BCUT2D eigenvalue weighted by Crippen LogP contribution is -2.45. The predicted octanol–water partition coefficient (Wildman–Crippen LogP) is 0.762. The number of carboxylic acid groups (broad SMARTS) is 1. The summed E-state index contributed by atoms with van der Waals surface area (Å²) >= 11 is 0. The molecule has 0 saturated heterocycles. The van der Waals surface area contributed by atoms with Crippen molar-refractivity contribution < 1.29 is 14.7 Å². The van der Waals surface area contributed by atoms with Gasteiger partial charge >= 0.3 is 12.0 Å². The van der Waals surface area contributed by atoms with Crippen molar-refractivity contribution in [3.63, 3.8) is 0 Å². The zero-order chi connectivity index (χ0) is 12.8. The number of rotatable bonds is 4. The third kappa shape index (κ3) is 6.71. The fourth-order valence-corrected chi connectivity index (χ4v) is 0.926. The number of carboxylic acids is 1. The van der Waals surface area contributed by atoms with Gasteiger partial charge in [0, 0.05) is 6.54 Å². The van der Waals surface area contributed by atoms with Crippen molar-refractivity contribution in [2.24, 2.45) is 5.41 Å². The first kappa shape index (κ1) is 14.3. The third-order valence-electron chi connectivity index (χ3n) is 1.67. The maximum Gasteiger partial charge on any atom is 0.323 e. The number of hydrogen-bond donors (Lipinski definition) is 2. The van der Waals surface area contributed by atoms with Crippen molar-refractivity contribution in [3.8, 4) is 12.3 Å². The molecule has 0 radical (unpaired) electrons. The van der Waals surface area contributed by atoms with E-state index in [-0.39, 0.29) is 18.5 Å². The monoisotopic (exact) mass is 226 g/mol. The minimum atomic E-state index is -1.08. The lowest BCUT2D eigenvalue weighted by atomic mass is 9.97. The molecule has 0 saturated carbocycles. The maximum absolute atomic E-state index is 11.6. The number of amides is 2. The fourth-order valence-electron chi connectivity index (χ4n) is 0.926. The first-order valence-corrected chi connectivity index (χ1v) is 4.94. The molecule has 0 atom stereocenters. The zero-order valence-electron chi connectivity index (χ0n) is 9.91. The average Bonchev–Trinajstić information content (AvgIpc) is 2.11. The molecule has 0 bridgehead atoms. The number of nitrogens with zero attached hydrogens (tertiary/aromatic N) is 1. The third-order valence-corrected chi connectivity index (χ3v) is 1.67. The van der Waals surface area contributed by atoms with Crippen molar-refractivity contribution in [3.05, 3.63) is 0 Å². The predicted molar refractivity (Wildman–Crippen MR) is 60.9 cm³/mol. The van der Waals surface area contributed by atoms with Crippen LogP contribution in [0.4, 0.5) is 4.79 Å². The molecule has 0 spiro atoms. The number of urea groups is 1. The van der Waals surface area contributed by atoms with Crippen LogP contribution in [0.2, 0.25) is 0 Å². The molecule has 0 fully saturated rings. The SMILES string of the molecule is C#CCN(CC(=O)O)C(=O)NCC(C)(C)C. The van der Waals surface area contributed by atoms with Crippen LogP contribution in [-0.4, -0.2) is 41.6 Å². The van der Waals surface area contributed by atoms with E-state index in [1.807, 2.05) is 20.8 Å². The Bertz CT molecular complexity index is 299. The summed E-state index contributed by atoms with van der Waals surface area (Å²) in [4.78, 5) is 23.1. The van der Waals surface area contributed by atoms with Gasteiger partial charge in [-0.3, -0.25) is 4.79 Å². The highest BCUT2D eigenvalue weighted by Gasteiger charge is 2.18. The minimum Gasteiger partial charge on any atom is -0.480 e. The van der Waals surface area contributed by atoms with Gasteiger partial charge in [-0.15, -0.1) is 6.42 Å². The molecular weight excluding hydrogens is 208 g/mol. The van der Waals surface area contributed by atoms with Crippen molar-refractivity contribution in [2.75, 3.05) is 19.6 Å². The Morgan fingerprint density at radius 2 is 2.00 bits per heavy atom. The van der Waals surface area contributed by atoms with E-state index >= 15 is 0 Å². The van der Waals surface area contributed by atoms with E-state index in [1.165, 1.54) is 0 Å². The second-order valence-corrected chi connectivity index (χ2v) is 4.67. The molecule has 2 N–H and O–H groups in total. The summed E-state index contributed by atoms with van der Waals surface area (Å²) in [5.41, 5.74) is -0.0549. The van der Waals surface area contributed by atoms with Gasteiger partial charge in [0.1, 0.15) is 6.54 Å². The topological polar surface area (TPSA) is 69.6 Å². The Hall–Kier alpha value is -1.70. The summed E-state index contributed by atoms with van der Waals surface area (Å²) in [6, 6.07) is -0.449. The molecule has 0 aromatic rings. The Kier molecular flexibility index (Phi) is 5.37. The summed E-state index contributed by atoms with van der Waals surface area (Å²) in [5.74, 6) is 1.17. The van der Waals surface area contributed by atoms with E-state index in [0.717, 1.165) is 4.90 Å². The molecular formula is C11H18N2O3. The number of carbonyl (C=O) groups is 2. The molecule has 90 valence electrons. The number of terminal acetylenes is 1. The van der Waals surface area contributed by atoms with E-state index in [2.05, 4.69) is 11.2 Å². The van der Waals surface area contributed by atoms with E-state index in [4.69, 9.17) is 11.5 Å². The van der Waals surface area contributed by atoms with Crippen LogP contribution in [-0.2, 0) is 4.79 Å². The van der Waals surface area contributed by atoms with Gasteiger partial charge in [0.2, 0.25) is 0 Å². The molecule has 0 aromatic heterocycles. The molecule has 5 heteroatoms. The number of aliphatic carboxylic acids is 1. The molecule has 16 heavy (non-hydrogen) atoms. The smallest absolute Gasteiger partial charge is 0.323 e. The quantitative estimate of drug-likeness (QED) is 0.695. The fraction of sp³-hybridized carbons (Fsp3) is 0.636. The number of nitrogens with one attached hydrogen (secondary N) is 1. The van der Waals surface area contributed by atoms with Gasteiger partial charge in [0.05, 0.1) is 6.54 Å². The second kappa shape index (κ2) is 6.01. The highest BCUT2D eigenvalue weighted by atomic mass is 16.4. The molecule has 0 heterocycles. The Morgan fingerprint density at radius 1 is 1.44 bits per heavy atom. The largest absolute Gasteiger partial charge is 0.480 e. The standard InChI is InChI=1S/C11H18N2O3/c1-5-6-13(7-9(14)15)10(16)12-8-11(2,3)4/h1H,6-8H2,2-4H3,(H,12,16)(H,14,15). The van der Waals surface area contributed by atoms with Gasteiger partial charge in [0.15, 0.2) is 0 Å². The molecule has 2 amide bonds. The van der Waals surface area contributed by atoms with E-state index < -0.39 is 12.0 Å². The summed E-state index contributed by atoms with van der Waals surface area (Å²) in [6.45, 7) is 5.97. The van der Waals surface area contributed by atoms with Gasteiger partial charge in [-0.2, -0.15) is 0 Å². The molecule has 0 rings (SSSR count). The lowest BCUT2D eigenvalue weighted by molar-refractivity contribution is -0.137. The lowest BCUT2D eigenvalue weighted by Gasteiger charge is -2.23. The van der Waals surface area contributed by atoms with Crippen molar-refractivity contribution >= 4 is 12.0 Å². The first-order valence-electron chi connectivity index (χ1n) is 4.94. The van der Waals surface area contributed by atoms with Crippen LogP contribution >= 0.6 is 0 Å². The van der Waals surface area contributed by atoms with Crippen LogP contribution in [0, 0.1) is 17.8 Å². The van der Waals surface area contributed by atoms with Crippen LogP contribution in [0.15, 0.2) is 0 Å². The van der Waals surface area contributed by atoms with Crippen molar-refractivity contribution in [1.29, 1.82) is 0 Å². The van der Waals surface area contributed by atoms with Gasteiger partial charge in [0.25, 0.3) is 0 Å². The number of hydrogen-bond acceptors (Lipinski definition) is 2. The van der Waals surface area contributed by atoms with Crippen LogP contribution in [0.1, 0.15) is 20.8 Å². The zero-order valence-corrected chi connectivity index (χ0v) is 9.91. The van der Waals surface area contributed by atoms with Gasteiger partial charge < -0.3 is 15.3 Å². The van der Waals surface area contributed by atoms with Crippen LogP contribution in [0.3, 0.4) is 0 Å². The molecule has 0 aliphatic carbocycles. The highest BCUT2D eigenvalue weighted by molar-refractivity contribution is 5.80. The van der Waals surface area contributed by atoms with Crippen LogP contribution in [0.25, 0.3) is 0 Å². The van der Waals surface area contributed by atoms with Gasteiger partial charge in [-0.1, -0.05) is 26.7 Å². The molecule has 0 unspecified atom stereocenters. The number of carbonyl (C=O) groups excluding carboxylic acids is 1. The Labute approximate surface area is 95.8 Å². The Balaban J connectivity index is 4.29. The summed E-state index contributed by atoms with van der Waals surface area (Å²) < 4.78 is 0. The summed E-state index contributed by atoms with van der Waals surface area (Å²) in [6.07, 6.45) is 5.06. The van der Waals surface area contributed by atoms with E-state index in [1.54, 1.807) is 0 Å². The molecule has 0 aliphatic heterocycles. The first-order chi connectivity index (χ1) is 7.26. The highest BCUT2D eigenvalue weighted by Crippen LogP contribution is 2.10. The van der Waals surface area contributed by atoms with Crippen LogP contribution < -0.4 is 5.32 Å². The van der Waals surface area contributed by atoms with Crippen molar-refractivity contribution in [1.82, 2.24) is 10.2 Å². The second-order valence-electron chi connectivity index (χ2n) is 4.67. The molecule has 0 aromatic carbocycles. The normalized spacial score (nSPS) is 10.4. The average molecular weight is 226 g/mol. The summed E-state index contributed by atoms with van der Waals surface area (Å²) in [5, 5.41) is 11.2.